The maximum absolute atomic E-state index is 14.2. The molecule has 1 N–H and O–H groups in total. The molecule has 5 nitrogen and oxygen atoms in total. The first kappa shape index (κ1) is 25.4. The van der Waals surface area contributed by atoms with Gasteiger partial charge in [0, 0.05) is 27.9 Å². The fourth-order valence-electron chi connectivity index (χ4n) is 6.19. The molecule has 1 aliphatic rings. The average molecular weight is 541 g/mol. The Morgan fingerprint density at radius 3 is 2.54 bits per heavy atom. The summed E-state index contributed by atoms with van der Waals surface area (Å²) in [5.74, 6) is 2.96. The molecular weight excluding hydrogens is 511 g/mol. The van der Waals surface area contributed by atoms with Gasteiger partial charge >= 0.3 is 10.2 Å². The number of halogens is 1. The van der Waals surface area contributed by atoms with Gasteiger partial charge in [0.15, 0.2) is 5.43 Å². The van der Waals surface area contributed by atoms with Crippen LogP contribution in [0.3, 0.4) is 0 Å². The first-order valence-electron chi connectivity index (χ1n) is 13.3. The fourth-order valence-corrected chi connectivity index (χ4v) is 6.70. The molecule has 2 aromatic heterocycles. The minimum absolute atomic E-state index is 0.0504. The highest BCUT2D eigenvalue weighted by molar-refractivity contribution is 7.86. The van der Waals surface area contributed by atoms with Gasteiger partial charge < -0.3 is 9.55 Å². The zero-order chi connectivity index (χ0) is 27.5. The van der Waals surface area contributed by atoms with E-state index < -0.39 is 10.2 Å². The van der Waals surface area contributed by atoms with Crippen molar-refractivity contribution in [3.63, 3.8) is 0 Å². The number of nitrogens with one attached hydrogen (secondary N) is 1. The SMILES string of the molecule is C#Cc1ccc2c(c1)[nH]c1c2c(=O)c2cc(CC(C)C)c(-c3cccc(S(=O)(=O)F)c3)cc2n1C1CCCC1. The third kappa shape index (κ3) is 4.33. The number of aromatic amines is 1. The number of hydrogen-bond donors (Lipinski definition) is 1. The van der Waals surface area contributed by atoms with Gasteiger partial charge in [-0.3, -0.25) is 4.79 Å². The molecule has 0 saturated heterocycles. The van der Waals surface area contributed by atoms with E-state index in [-0.39, 0.29) is 22.3 Å². The lowest BCUT2D eigenvalue weighted by atomic mass is 9.91. The van der Waals surface area contributed by atoms with E-state index in [0.717, 1.165) is 64.4 Å². The minimum atomic E-state index is -4.86. The fraction of sp³-hybridized carbons (Fsp3) is 0.281. The highest BCUT2D eigenvalue weighted by Gasteiger charge is 2.25. The minimum Gasteiger partial charge on any atom is -0.340 e. The summed E-state index contributed by atoms with van der Waals surface area (Å²) in [6.45, 7) is 4.19. The van der Waals surface area contributed by atoms with E-state index in [1.807, 2.05) is 30.3 Å². The molecule has 1 fully saturated rings. The summed E-state index contributed by atoms with van der Waals surface area (Å²) < 4.78 is 39.6. The molecule has 0 spiro atoms. The molecule has 1 aliphatic carbocycles. The molecule has 0 radical (unpaired) electrons. The molecule has 0 amide bonds. The number of H-pyrrole nitrogens is 1. The number of rotatable bonds is 5. The topological polar surface area (TPSA) is 71.9 Å². The van der Waals surface area contributed by atoms with Crippen molar-refractivity contribution in [2.75, 3.05) is 0 Å². The van der Waals surface area contributed by atoms with Gasteiger partial charge in [-0.05, 0) is 78.3 Å². The van der Waals surface area contributed by atoms with Gasteiger partial charge in [-0.25, -0.2) is 0 Å². The zero-order valence-electron chi connectivity index (χ0n) is 21.9. The van der Waals surface area contributed by atoms with E-state index in [1.165, 1.54) is 12.1 Å². The molecular formula is C32H29FN2O3S. The summed E-state index contributed by atoms with van der Waals surface area (Å²) in [5, 5.41) is 2.13. The summed E-state index contributed by atoms with van der Waals surface area (Å²) >= 11 is 0. The lowest BCUT2D eigenvalue weighted by Crippen LogP contribution is -2.15. The van der Waals surface area contributed by atoms with Crippen LogP contribution in [-0.2, 0) is 16.6 Å². The zero-order valence-corrected chi connectivity index (χ0v) is 22.7. The monoisotopic (exact) mass is 540 g/mol. The molecule has 7 heteroatoms. The van der Waals surface area contributed by atoms with Crippen LogP contribution in [0.5, 0.6) is 0 Å². The van der Waals surface area contributed by atoms with Gasteiger partial charge in [-0.15, -0.1) is 10.3 Å². The van der Waals surface area contributed by atoms with Gasteiger partial charge in [0.05, 0.1) is 15.8 Å². The van der Waals surface area contributed by atoms with E-state index in [4.69, 9.17) is 6.42 Å². The van der Waals surface area contributed by atoms with E-state index in [9.17, 15) is 17.1 Å². The van der Waals surface area contributed by atoms with Crippen LogP contribution in [0.4, 0.5) is 3.89 Å². The number of nitrogens with zero attached hydrogens (tertiary/aromatic N) is 1. The number of fused-ring (bicyclic) bond motifs is 4. The molecule has 0 atom stereocenters. The van der Waals surface area contributed by atoms with Crippen molar-refractivity contribution in [1.82, 2.24) is 9.55 Å². The van der Waals surface area contributed by atoms with Crippen molar-refractivity contribution in [1.29, 1.82) is 0 Å². The van der Waals surface area contributed by atoms with E-state index in [0.29, 0.717) is 22.8 Å². The van der Waals surface area contributed by atoms with Gasteiger partial charge in [-0.1, -0.05) is 50.8 Å². The van der Waals surface area contributed by atoms with Crippen LogP contribution in [0.15, 0.2) is 64.3 Å². The number of pyridine rings is 1. The molecule has 39 heavy (non-hydrogen) atoms. The molecule has 0 bridgehead atoms. The summed E-state index contributed by atoms with van der Waals surface area (Å²) in [6.07, 6.45) is 10.5. The van der Waals surface area contributed by atoms with Crippen LogP contribution in [-0.4, -0.2) is 18.0 Å². The molecule has 6 rings (SSSR count). The number of terminal acetylenes is 1. The Hall–Kier alpha value is -3.89. The van der Waals surface area contributed by atoms with E-state index >= 15 is 0 Å². The Bertz CT molecular complexity index is 1990. The molecule has 5 aromatic rings. The Kier molecular flexibility index (Phi) is 6.11. The quantitative estimate of drug-likeness (QED) is 0.188. The Labute approximate surface area is 226 Å². The lowest BCUT2D eigenvalue weighted by molar-refractivity contribution is 0.545. The van der Waals surface area contributed by atoms with Gasteiger partial charge in [-0.2, -0.15) is 8.42 Å². The van der Waals surface area contributed by atoms with Gasteiger partial charge in [0.2, 0.25) is 0 Å². The standard InChI is InChI=1S/C32H29FN2O3S/c1-4-20-12-13-25-28(15-20)34-32-30(25)31(36)27-17-22(14-19(2)3)26(18-29(27)35(32)23-9-5-6-10-23)21-8-7-11-24(16-21)39(33,37)38/h1,7-8,11-13,15-19,23,34H,5-6,9-10,14H2,2-3H3. The van der Waals surface area contributed by atoms with Crippen molar-refractivity contribution >= 4 is 43.1 Å². The highest BCUT2D eigenvalue weighted by atomic mass is 32.3. The van der Waals surface area contributed by atoms with Crippen molar-refractivity contribution < 1.29 is 12.3 Å². The van der Waals surface area contributed by atoms with Gasteiger partial charge in [0.1, 0.15) is 5.65 Å². The molecule has 198 valence electrons. The van der Waals surface area contributed by atoms with Crippen molar-refractivity contribution in [2.24, 2.45) is 5.92 Å². The maximum atomic E-state index is 14.2. The number of hydrogen-bond acceptors (Lipinski definition) is 3. The normalized spacial score (nSPS) is 14.6. The molecule has 0 unspecified atom stereocenters. The molecule has 0 aliphatic heterocycles. The van der Waals surface area contributed by atoms with E-state index in [1.54, 1.807) is 12.1 Å². The summed E-state index contributed by atoms with van der Waals surface area (Å²) in [7, 11) is -4.86. The predicted octanol–water partition coefficient (Wildman–Crippen LogP) is 7.26. The Balaban J connectivity index is 1.75. The third-order valence-corrected chi connectivity index (χ3v) is 8.70. The van der Waals surface area contributed by atoms with Crippen LogP contribution in [0.2, 0.25) is 0 Å². The predicted molar refractivity (Wildman–Crippen MR) is 155 cm³/mol. The maximum Gasteiger partial charge on any atom is 0.332 e. The van der Waals surface area contributed by atoms with Crippen LogP contribution in [0.25, 0.3) is 44.0 Å². The number of benzene rings is 3. The first-order valence-corrected chi connectivity index (χ1v) is 14.7. The lowest BCUT2D eigenvalue weighted by Gasteiger charge is -2.22. The Morgan fingerprint density at radius 2 is 1.85 bits per heavy atom. The Morgan fingerprint density at radius 1 is 1.08 bits per heavy atom. The second kappa shape index (κ2) is 9.39. The molecule has 2 heterocycles. The van der Waals surface area contributed by atoms with Crippen molar-refractivity contribution in [3.8, 4) is 23.5 Å². The van der Waals surface area contributed by atoms with Crippen LogP contribution in [0, 0.1) is 18.3 Å². The largest absolute Gasteiger partial charge is 0.340 e. The number of aromatic nitrogens is 2. The summed E-state index contributed by atoms with van der Waals surface area (Å²) in [5.41, 5.74) is 5.40. The van der Waals surface area contributed by atoms with Crippen molar-refractivity contribution in [2.45, 2.75) is 56.9 Å². The molecule has 3 aromatic carbocycles. The third-order valence-electron chi connectivity index (χ3n) is 7.88. The highest BCUT2D eigenvalue weighted by Crippen LogP contribution is 2.39. The summed E-state index contributed by atoms with van der Waals surface area (Å²) in [6, 6.07) is 15.8. The van der Waals surface area contributed by atoms with E-state index in [2.05, 4.69) is 29.3 Å². The second-order valence-corrected chi connectivity index (χ2v) is 12.3. The second-order valence-electron chi connectivity index (χ2n) is 11.0. The van der Waals surface area contributed by atoms with Crippen LogP contribution >= 0.6 is 0 Å². The smallest absolute Gasteiger partial charge is 0.332 e. The molecule has 1 saturated carbocycles. The average Bonchev–Trinajstić information content (AvgIpc) is 3.56. The van der Waals surface area contributed by atoms with Crippen LogP contribution in [0.1, 0.15) is 56.7 Å². The first-order chi connectivity index (χ1) is 18.7. The van der Waals surface area contributed by atoms with Crippen molar-refractivity contribution in [3.05, 3.63) is 75.9 Å². The summed E-state index contributed by atoms with van der Waals surface area (Å²) in [4.78, 5) is 17.3. The van der Waals surface area contributed by atoms with Crippen LogP contribution < -0.4 is 5.43 Å². The van der Waals surface area contributed by atoms with Gasteiger partial charge in [0.25, 0.3) is 0 Å².